The number of carbonyl (C=O) groups is 1. The first-order chi connectivity index (χ1) is 21.4. The Hall–Kier alpha value is -3.50. The molecule has 10 rings (SSSR count). The van der Waals surface area contributed by atoms with E-state index in [0.29, 0.717) is 29.3 Å². The van der Waals surface area contributed by atoms with Crippen LogP contribution in [-0.4, -0.2) is 40.8 Å². The lowest BCUT2D eigenvalue weighted by molar-refractivity contribution is -0.253. The van der Waals surface area contributed by atoms with Gasteiger partial charge in [-0.25, -0.2) is 4.39 Å². The lowest BCUT2D eigenvalue weighted by atomic mass is 9.41. The largest absolute Gasteiger partial charge is 0.461 e. The van der Waals surface area contributed by atoms with E-state index in [-0.39, 0.29) is 36.0 Å². The van der Waals surface area contributed by atoms with Crippen LogP contribution in [0.4, 0.5) is 27.6 Å². The number of ether oxygens (including phenoxy) is 1. The molecule has 0 radical (unpaired) electrons. The molecular weight excluding hydrogens is 593 g/mol. The molecule has 0 atom stereocenters. The van der Waals surface area contributed by atoms with Crippen LogP contribution in [0.15, 0.2) is 53.1 Å². The molecule has 0 aliphatic heterocycles. The zero-order valence-electron chi connectivity index (χ0n) is 24.7. The molecule has 2 aromatic carbocycles. The fourth-order valence-electron chi connectivity index (χ4n) is 8.37. The molecule has 3 aromatic rings. The van der Waals surface area contributed by atoms with Gasteiger partial charge in [0, 0.05) is 23.6 Å². The number of aromatic nitrogens is 2. The Bertz CT molecular complexity index is 1610. The maximum absolute atomic E-state index is 14.6. The number of nitrogens with zero attached hydrogens (tertiary/aromatic N) is 3. The third kappa shape index (κ3) is 4.83. The van der Waals surface area contributed by atoms with Gasteiger partial charge in [-0.1, -0.05) is 29.4 Å². The molecule has 45 heavy (non-hydrogen) atoms. The minimum atomic E-state index is -4.62. The Kier molecular flexibility index (Phi) is 6.27. The van der Waals surface area contributed by atoms with E-state index in [0.717, 1.165) is 63.1 Å². The van der Waals surface area contributed by atoms with Crippen molar-refractivity contribution in [2.75, 3.05) is 11.4 Å². The second kappa shape index (κ2) is 9.75. The third-order valence-corrected chi connectivity index (χ3v) is 11.2. The first-order valence-electron chi connectivity index (χ1n) is 15.8. The molecule has 11 heteroatoms. The number of amides is 1. The van der Waals surface area contributed by atoms with E-state index in [1.165, 1.54) is 18.2 Å². The molecule has 1 aromatic heterocycles. The Labute approximate surface area is 257 Å². The quantitative estimate of drug-likeness (QED) is 0.211. The molecular formula is C34H34F5N3O3. The number of anilines is 1. The highest BCUT2D eigenvalue weighted by molar-refractivity contribution is 6.00. The molecule has 238 valence electrons. The highest BCUT2D eigenvalue weighted by Gasteiger charge is 2.73. The first-order valence-corrected chi connectivity index (χ1v) is 15.8. The van der Waals surface area contributed by atoms with Gasteiger partial charge in [0.25, 0.3) is 0 Å². The summed E-state index contributed by atoms with van der Waals surface area (Å²) in [6, 6.07) is 12.8. The number of alkyl halides is 5. The standard InChI is InChI=1S/C34H34F5N3O3/c35-27(36)34(38,39)44-25-6-2-4-23(16-25)22-3-1-5-24(15-22)42(29(43)32-17-33(37,18-32)19-32)20-30-9-12-31(13-10-30,14-11-30)28-40-26(41-45-28)21-7-8-21/h1-6,15-16,21,27H,7-14,17-20H2. The van der Waals surface area contributed by atoms with Crippen LogP contribution in [0.25, 0.3) is 11.1 Å². The van der Waals surface area contributed by atoms with Gasteiger partial charge in [0.1, 0.15) is 11.4 Å². The molecule has 1 amide bonds. The van der Waals surface area contributed by atoms with Crippen molar-refractivity contribution < 1.29 is 36.0 Å². The molecule has 6 nitrogen and oxygen atoms in total. The maximum Gasteiger partial charge on any atom is 0.461 e. The topological polar surface area (TPSA) is 68.5 Å². The van der Waals surface area contributed by atoms with Gasteiger partial charge in [0.05, 0.1) is 5.41 Å². The smallest absolute Gasteiger partial charge is 0.428 e. The van der Waals surface area contributed by atoms with E-state index in [9.17, 15) is 26.7 Å². The molecule has 0 N–H and O–H groups in total. The Morgan fingerprint density at radius 1 is 0.978 bits per heavy atom. The van der Waals surface area contributed by atoms with Crippen molar-refractivity contribution in [3.8, 4) is 16.9 Å². The SMILES string of the molecule is O=C(N(CC12CCC(c3nc(C4CC4)no3)(CC1)CC2)c1cccc(-c2cccc(OC(F)(F)C(F)F)c2)c1)C12CC(F)(C1)C2. The van der Waals surface area contributed by atoms with Crippen LogP contribution < -0.4 is 9.64 Å². The predicted octanol–water partition coefficient (Wildman–Crippen LogP) is 8.37. The second-order valence-electron chi connectivity index (χ2n) is 14.4. The highest BCUT2D eigenvalue weighted by atomic mass is 19.3. The summed E-state index contributed by atoms with van der Waals surface area (Å²) in [5.41, 5.74) is -0.433. The van der Waals surface area contributed by atoms with Gasteiger partial charge in [0.15, 0.2) is 5.82 Å². The van der Waals surface area contributed by atoms with Crippen molar-refractivity contribution in [3.63, 3.8) is 0 Å². The monoisotopic (exact) mass is 627 g/mol. The molecule has 7 fully saturated rings. The minimum absolute atomic E-state index is 0.0735. The third-order valence-electron chi connectivity index (χ3n) is 11.2. The van der Waals surface area contributed by atoms with Gasteiger partial charge < -0.3 is 14.2 Å². The van der Waals surface area contributed by atoms with Gasteiger partial charge in [-0.2, -0.15) is 22.5 Å². The van der Waals surface area contributed by atoms with Gasteiger partial charge in [-0.05, 0) is 111 Å². The van der Waals surface area contributed by atoms with Crippen molar-refractivity contribution in [3.05, 3.63) is 60.2 Å². The number of benzene rings is 2. The van der Waals surface area contributed by atoms with E-state index >= 15 is 0 Å². The highest BCUT2D eigenvalue weighted by Crippen LogP contribution is 2.70. The van der Waals surface area contributed by atoms with Gasteiger partial charge in [-0.15, -0.1) is 0 Å². The zero-order valence-corrected chi connectivity index (χ0v) is 24.7. The summed E-state index contributed by atoms with van der Waals surface area (Å²) in [5.74, 6) is 1.53. The van der Waals surface area contributed by atoms with Crippen molar-refractivity contribution in [1.29, 1.82) is 0 Å². The van der Waals surface area contributed by atoms with Crippen LogP contribution in [0.1, 0.15) is 88.3 Å². The second-order valence-corrected chi connectivity index (χ2v) is 14.4. The summed E-state index contributed by atoms with van der Waals surface area (Å²) >= 11 is 0. The van der Waals surface area contributed by atoms with Gasteiger partial charge in [0.2, 0.25) is 11.8 Å². The average Bonchev–Trinajstić information content (AvgIpc) is 3.73. The summed E-state index contributed by atoms with van der Waals surface area (Å²) in [6.07, 6.45) is -0.266. The zero-order chi connectivity index (χ0) is 31.2. The summed E-state index contributed by atoms with van der Waals surface area (Å²) in [6.45, 7) is 0.493. The van der Waals surface area contributed by atoms with Crippen molar-refractivity contribution in [2.45, 2.75) is 100 Å². The minimum Gasteiger partial charge on any atom is -0.428 e. The fraction of sp³-hybridized carbons (Fsp3) is 0.559. The molecule has 4 bridgehead atoms. The van der Waals surface area contributed by atoms with Crippen LogP contribution in [0.3, 0.4) is 0 Å². The number of hydrogen-bond donors (Lipinski definition) is 0. The van der Waals surface area contributed by atoms with Crippen LogP contribution in [0.2, 0.25) is 0 Å². The van der Waals surface area contributed by atoms with E-state index < -0.39 is 29.4 Å². The van der Waals surface area contributed by atoms with Crippen LogP contribution >= 0.6 is 0 Å². The molecule has 0 unspecified atom stereocenters. The number of rotatable bonds is 10. The molecule has 7 aliphatic rings. The normalized spacial score (nSPS) is 31.8. The number of fused-ring (bicyclic) bond motifs is 3. The molecule has 0 saturated heterocycles. The van der Waals surface area contributed by atoms with Crippen LogP contribution in [0.5, 0.6) is 5.75 Å². The molecule has 7 aliphatic carbocycles. The maximum atomic E-state index is 14.6. The molecule has 7 saturated carbocycles. The molecule has 1 heterocycles. The Balaban J connectivity index is 1.06. The lowest BCUT2D eigenvalue weighted by Crippen LogP contribution is -2.71. The van der Waals surface area contributed by atoms with Crippen LogP contribution in [-0.2, 0) is 10.2 Å². The van der Waals surface area contributed by atoms with Crippen LogP contribution in [0, 0.1) is 10.8 Å². The summed E-state index contributed by atoms with van der Waals surface area (Å²) in [7, 11) is 0. The number of halogens is 5. The van der Waals surface area contributed by atoms with E-state index in [4.69, 9.17) is 9.51 Å². The average molecular weight is 628 g/mol. The Morgan fingerprint density at radius 3 is 2.24 bits per heavy atom. The van der Waals surface area contributed by atoms with Gasteiger partial charge >= 0.3 is 12.5 Å². The Morgan fingerprint density at radius 2 is 1.62 bits per heavy atom. The van der Waals surface area contributed by atoms with E-state index in [2.05, 4.69) is 9.89 Å². The van der Waals surface area contributed by atoms with E-state index in [1.807, 2.05) is 17.0 Å². The summed E-state index contributed by atoms with van der Waals surface area (Å²) in [4.78, 5) is 20.8. The molecule has 0 spiro atoms. The first kappa shape index (κ1) is 28.9. The van der Waals surface area contributed by atoms with Crippen molar-refractivity contribution >= 4 is 11.6 Å². The van der Waals surface area contributed by atoms with E-state index in [1.54, 1.807) is 18.2 Å². The fourth-order valence-corrected chi connectivity index (χ4v) is 8.37. The number of carbonyl (C=O) groups excluding carboxylic acids is 1. The summed E-state index contributed by atoms with van der Waals surface area (Å²) in [5, 5.41) is 4.26. The van der Waals surface area contributed by atoms with Gasteiger partial charge in [-0.3, -0.25) is 4.79 Å². The van der Waals surface area contributed by atoms with Crippen molar-refractivity contribution in [1.82, 2.24) is 10.1 Å². The summed E-state index contributed by atoms with van der Waals surface area (Å²) < 4.78 is 77.4. The van der Waals surface area contributed by atoms with Crippen molar-refractivity contribution in [2.24, 2.45) is 10.8 Å². The number of hydrogen-bond acceptors (Lipinski definition) is 5. The predicted molar refractivity (Wildman–Crippen MR) is 154 cm³/mol. The lowest BCUT2D eigenvalue weighted by Gasteiger charge is -2.65.